The molecule has 1 amide bonds. The number of pyridine rings is 1. The Morgan fingerprint density at radius 3 is 2.71 bits per heavy atom. The second-order valence-corrected chi connectivity index (χ2v) is 13.1. The third-order valence-corrected chi connectivity index (χ3v) is 10.6. The number of carbonyl (C=O) groups excluding carboxylic acids is 1. The lowest BCUT2D eigenvalue weighted by Gasteiger charge is -2.38. The second kappa shape index (κ2) is 12.1. The van der Waals surface area contributed by atoms with Crippen LogP contribution >= 0.6 is 0 Å². The van der Waals surface area contributed by atoms with Crippen LogP contribution in [0.2, 0.25) is 0 Å². The number of ether oxygens (including phenoxy) is 1. The van der Waals surface area contributed by atoms with Crippen LogP contribution < -0.4 is 15.4 Å². The minimum absolute atomic E-state index is 0.0105. The number of nitrogens with one attached hydrogen (secondary N) is 2. The fraction of sp³-hybridized carbons (Fsp3) is 0.586. The number of benzene rings is 1. The van der Waals surface area contributed by atoms with Crippen LogP contribution in [0.25, 0.3) is 0 Å². The molecule has 3 aliphatic rings. The minimum atomic E-state index is -3.18. The maximum Gasteiger partial charge on any atom is 0.221 e. The summed E-state index contributed by atoms with van der Waals surface area (Å²) in [5.41, 5.74) is 2.07. The lowest BCUT2D eigenvalue weighted by molar-refractivity contribution is -0.122. The average molecular weight is 541 g/mol. The monoisotopic (exact) mass is 540 g/mol. The summed E-state index contributed by atoms with van der Waals surface area (Å²) in [6.45, 7) is 1.32. The molecule has 2 aliphatic heterocycles. The van der Waals surface area contributed by atoms with Crippen molar-refractivity contribution in [3.05, 3.63) is 59.8 Å². The van der Waals surface area contributed by atoms with Crippen LogP contribution in [0.1, 0.15) is 68.4 Å². The van der Waals surface area contributed by atoms with Crippen LogP contribution in [-0.2, 0) is 14.8 Å². The van der Waals surface area contributed by atoms with E-state index in [1.807, 2.05) is 30.3 Å². The number of carbonyl (C=O) groups is 1. The summed E-state index contributed by atoms with van der Waals surface area (Å²) < 4.78 is 32.6. The summed E-state index contributed by atoms with van der Waals surface area (Å²) in [5, 5.41) is 6.92. The summed E-state index contributed by atoms with van der Waals surface area (Å²) >= 11 is 0. The fourth-order valence-electron chi connectivity index (χ4n) is 6.51. The largest absolute Gasteiger partial charge is 0.481 e. The van der Waals surface area contributed by atoms with Crippen LogP contribution in [0, 0.1) is 5.92 Å². The van der Waals surface area contributed by atoms with Crippen LogP contribution in [0.4, 0.5) is 0 Å². The SMILES string of the molecule is COc1ccc(C(CC(=O)NC2CCCC2CCC2CNC3CCCS(=O)(=O)N2C3)c2ccccc2)cn1. The molecule has 0 radical (unpaired) electrons. The van der Waals surface area contributed by atoms with Gasteiger partial charge in [-0.15, -0.1) is 0 Å². The van der Waals surface area contributed by atoms with E-state index >= 15 is 0 Å². The highest BCUT2D eigenvalue weighted by molar-refractivity contribution is 7.89. The number of piperazine rings is 1. The van der Waals surface area contributed by atoms with Crippen LogP contribution in [-0.4, -0.2) is 67.7 Å². The van der Waals surface area contributed by atoms with Gasteiger partial charge < -0.3 is 15.4 Å². The van der Waals surface area contributed by atoms with Gasteiger partial charge in [0.2, 0.25) is 21.8 Å². The van der Waals surface area contributed by atoms with Crippen LogP contribution in [0.5, 0.6) is 5.88 Å². The predicted molar refractivity (Wildman–Crippen MR) is 148 cm³/mol. The number of sulfonamides is 1. The summed E-state index contributed by atoms with van der Waals surface area (Å²) in [6, 6.07) is 14.3. The molecular weight excluding hydrogens is 500 g/mol. The van der Waals surface area contributed by atoms with E-state index in [2.05, 4.69) is 27.8 Å². The highest BCUT2D eigenvalue weighted by Gasteiger charge is 2.39. The van der Waals surface area contributed by atoms with Gasteiger partial charge in [-0.05, 0) is 55.6 Å². The third kappa shape index (κ3) is 6.38. The van der Waals surface area contributed by atoms with Crippen molar-refractivity contribution in [1.82, 2.24) is 19.9 Å². The number of amides is 1. The Kier molecular flexibility index (Phi) is 8.65. The van der Waals surface area contributed by atoms with E-state index in [0.29, 0.717) is 24.8 Å². The Balaban J connectivity index is 1.21. The maximum atomic E-state index is 13.3. The van der Waals surface area contributed by atoms with Gasteiger partial charge in [0.05, 0.1) is 12.9 Å². The van der Waals surface area contributed by atoms with Crippen molar-refractivity contribution in [2.45, 2.75) is 75.4 Å². The number of methoxy groups -OCH3 is 1. The first-order chi connectivity index (χ1) is 18.4. The lowest BCUT2D eigenvalue weighted by Crippen LogP contribution is -2.57. The number of hydrogen-bond donors (Lipinski definition) is 2. The molecule has 38 heavy (non-hydrogen) atoms. The normalized spacial score (nSPS) is 29.2. The molecule has 6 unspecified atom stereocenters. The molecular formula is C29H40N4O4S. The first-order valence-electron chi connectivity index (χ1n) is 14.0. The molecule has 9 heteroatoms. The fourth-order valence-corrected chi connectivity index (χ4v) is 8.31. The first kappa shape index (κ1) is 27.1. The number of nitrogens with zero attached hydrogens (tertiary/aromatic N) is 2. The lowest BCUT2D eigenvalue weighted by atomic mass is 9.88. The Morgan fingerprint density at radius 2 is 1.95 bits per heavy atom. The van der Waals surface area contributed by atoms with Crippen molar-refractivity contribution < 1.29 is 17.9 Å². The van der Waals surface area contributed by atoms with E-state index in [1.54, 1.807) is 17.6 Å². The molecule has 206 valence electrons. The smallest absolute Gasteiger partial charge is 0.221 e. The van der Waals surface area contributed by atoms with E-state index in [4.69, 9.17) is 4.74 Å². The highest BCUT2D eigenvalue weighted by Crippen LogP contribution is 2.33. The molecule has 1 aliphatic carbocycles. The van der Waals surface area contributed by atoms with Gasteiger partial charge in [-0.25, -0.2) is 13.4 Å². The van der Waals surface area contributed by atoms with Crippen molar-refractivity contribution in [2.24, 2.45) is 5.92 Å². The van der Waals surface area contributed by atoms with Crippen molar-refractivity contribution >= 4 is 15.9 Å². The molecule has 2 bridgehead atoms. The molecule has 1 saturated carbocycles. The number of fused-ring (bicyclic) bond motifs is 2. The summed E-state index contributed by atoms with van der Waals surface area (Å²) in [6.07, 6.45) is 8.70. The van der Waals surface area contributed by atoms with Gasteiger partial charge in [-0.1, -0.05) is 42.8 Å². The Bertz CT molecular complexity index is 1170. The molecule has 1 aromatic carbocycles. The molecule has 2 aromatic rings. The van der Waals surface area contributed by atoms with Crippen molar-refractivity contribution in [1.29, 1.82) is 0 Å². The zero-order valence-corrected chi connectivity index (χ0v) is 23.0. The molecule has 8 nitrogen and oxygen atoms in total. The Morgan fingerprint density at radius 1 is 1.11 bits per heavy atom. The number of aromatic nitrogens is 1. The molecule has 3 heterocycles. The Labute approximate surface area is 226 Å². The predicted octanol–water partition coefficient (Wildman–Crippen LogP) is 3.44. The summed E-state index contributed by atoms with van der Waals surface area (Å²) in [7, 11) is -1.59. The van der Waals surface area contributed by atoms with E-state index in [0.717, 1.165) is 62.6 Å². The van der Waals surface area contributed by atoms with Crippen molar-refractivity contribution in [3.8, 4) is 5.88 Å². The van der Waals surface area contributed by atoms with Gasteiger partial charge in [0.1, 0.15) is 0 Å². The van der Waals surface area contributed by atoms with Crippen molar-refractivity contribution in [3.63, 3.8) is 0 Å². The quantitative estimate of drug-likeness (QED) is 0.505. The number of hydrogen-bond acceptors (Lipinski definition) is 6. The van der Waals surface area contributed by atoms with Crippen LogP contribution in [0.3, 0.4) is 0 Å². The Hall–Kier alpha value is -2.49. The standard InChI is InChI=1S/C29H40N4O4S/c1-37-29-15-13-23(18-31-29)26(21-7-3-2-4-8-21)17-28(34)32-27-11-5-9-22(27)12-14-25-19-30-24-10-6-16-38(35,36)33(25)20-24/h2-4,7-8,13,15,18,22,24-27,30H,5-6,9-12,14,16-17,19-20H2,1H3,(H,32,34). The number of rotatable bonds is 9. The molecule has 0 spiro atoms. The molecule has 1 aromatic heterocycles. The molecule has 2 saturated heterocycles. The van der Waals surface area contributed by atoms with Crippen LogP contribution in [0.15, 0.2) is 48.7 Å². The first-order valence-corrected chi connectivity index (χ1v) is 15.6. The van der Waals surface area contributed by atoms with Gasteiger partial charge in [0.15, 0.2) is 0 Å². The van der Waals surface area contributed by atoms with Gasteiger partial charge in [0.25, 0.3) is 0 Å². The van der Waals surface area contributed by atoms with E-state index in [9.17, 15) is 13.2 Å². The van der Waals surface area contributed by atoms with Gasteiger partial charge in [0, 0.05) is 55.8 Å². The van der Waals surface area contributed by atoms with Gasteiger partial charge >= 0.3 is 0 Å². The van der Waals surface area contributed by atoms with Gasteiger partial charge in [-0.2, -0.15) is 4.31 Å². The molecule has 2 N–H and O–H groups in total. The van der Waals surface area contributed by atoms with Gasteiger partial charge in [-0.3, -0.25) is 4.79 Å². The molecule has 3 fully saturated rings. The molecule has 6 atom stereocenters. The minimum Gasteiger partial charge on any atom is -0.481 e. The summed E-state index contributed by atoms with van der Waals surface area (Å²) in [4.78, 5) is 17.7. The van der Waals surface area contributed by atoms with E-state index in [-0.39, 0.29) is 35.7 Å². The summed E-state index contributed by atoms with van der Waals surface area (Å²) in [5.74, 6) is 1.14. The maximum absolute atomic E-state index is 13.3. The molecule has 5 rings (SSSR count). The van der Waals surface area contributed by atoms with Crippen molar-refractivity contribution in [2.75, 3.05) is 26.0 Å². The van der Waals surface area contributed by atoms with E-state index in [1.165, 1.54) is 0 Å². The topological polar surface area (TPSA) is 101 Å². The van der Waals surface area contributed by atoms with E-state index < -0.39 is 10.0 Å². The second-order valence-electron chi connectivity index (χ2n) is 11.0. The zero-order valence-electron chi connectivity index (χ0n) is 22.2. The average Bonchev–Trinajstić information content (AvgIpc) is 3.33. The zero-order chi connectivity index (χ0) is 26.5. The highest BCUT2D eigenvalue weighted by atomic mass is 32.2. The third-order valence-electron chi connectivity index (χ3n) is 8.60.